The van der Waals surface area contributed by atoms with Crippen LogP contribution in [-0.4, -0.2) is 23.1 Å². The lowest BCUT2D eigenvalue weighted by Gasteiger charge is -2.43. The van der Waals surface area contributed by atoms with E-state index < -0.39 is 5.79 Å². The first-order valence-electron chi connectivity index (χ1n) is 8.74. The van der Waals surface area contributed by atoms with E-state index in [4.69, 9.17) is 10.7 Å². The Labute approximate surface area is 150 Å². The van der Waals surface area contributed by atoms with E-state index in [-0.39, 0.29) is 6.04 Å². The third-order valence-electron chi connectivity index (χ3n) is 4.75. The number of hydrogen-bond acceptors (Lipinski definition) is 4. The van der Waals surface area contributed by atoms with Crippen LogP contribution in [0.4, 0.5) is 0 Å². The van der Waals surface area contributed by atoms with Crippen LogP contribution in [0.25, 0.3) is 0 Å². The molecule has 2 aromatic carbocycles. The lowest BCUT2D eigenvalue weighted by Crippen LogP contribution is -2.57. The Kier molecular flexibility index (Phi) is 5.19. The average Bonchev–Trinajstić information content (AvgIpc) is 2.63. The summed E-state index contributed by atoms with van der Waals surface area (Å²) >= 11 is 0. The first kappa shape index (κ1) is 17.2. The molecule has 1 heterocycles. The molecule has 2 aromatic rings. The van der Waals surface area contributed by atoms with Crippen molar-refractivity contribution in [1.29, 1.82) is 0 Å². The molecule has 1 aliphatic heterocycles. The fourth-order valence-corrected chi connectivity index (χ4v) is 3.35. The Bertz CT molecular complexity index is 739. The van der Waals surface area contributed by atoms with Gasteiger partial charge in [-0.15, -0.1) is 0 Å². The minimum absolute atomic E-state index is 0.200. The molecule has 0 radical (unpaired) electrons. The van der Waals surface area contributed by atoms with Crippen molar-refractivity contribution in [2.75, 3.05) is 6.54 Å². The lowest BCUT2D eigenvalue weighted by atomic mass is 10.0. The van der Waals surface area contributed by atoms with E-state index in [2.05, 4.69) is 72.6 Å². The van der Waals surface area contributed by atoms with Gasteiger partial charge in [-0.05, 0) is 37.5 Å². The molecule has 25 heavy (non-hydrogen) atoms. The topological polar surface area (TPSA) is 53.6 Å². The van der Waals surface area contributed by atoms with Crippen LogP contribution in [0.3, 0.4) is 0 Å². The van der Waals surface area contributed by atoms with Crippen LogP contribution in [0.15, 0.2) is 77.9 Å². The summed E-state index contributed by atoms with van der Waals surface area (Å²) in [6.07, 6.45) is 4.63. The van der Waals surface area contributed by atoms with Crippen molar-refractivity contribution in [1.82, 2.24) is 10.2 Å². The molecular formula is C21H26N4. The highest BCUT2D eigenvalue weighted by Crippen LogP contribution is 2.29. The fourth-order valence-electron chi connectivity index (χ4n) is 3.35. The highest BCUT2D eigenvalue weighted by molar-refractivity contribution is 5.92. The van der Waals surface area contributed by atoms with Gasteiger partial charge in [-0.1, -0.05) is 60.7 Å². The predicted octanol–water partition coefficient (Wildman–Crippen LogP) is 3.44. The predicted molar refractivity (Wildman–Crippen MR) is 104 cm³/mol. The maximum Gasteiger partial charge on any atom is 0.186 e. The van der Waals surface area contributed by atoms with Gasteiger partial charge in [0.25, 0.3) is 0 Å². The summed E-state index contributed by atoms with van der Waals surface area (Å²) in [5, 5.41) is 3.39. The number of amidine groups is 1. The minimum Gasteiger partial charge on any atom is -0.384 e. The Balaban J connectivity index is 1.87. The maximum atomic E-state index is 5.99. The number of nitrogens with two attached hydrogens (primary N) is 1. The summed E-state index contributed by atoms with van der Waals surface area (Å²) in [5.41, 5.74) is 8.58. The van der Waals surface area contributed by atoms with Crippen LogP contribution in [0.5, 0.6) is 0 Å². The first-order valence-corrected chi connectivity index (χ1v) is 8.74. The lowest BCUT2D eigenvalue weighted by molar-refractivity contribution is 0.0512. The highest BCUT2D eigenvalue weighted by atomic mass is 15.4. The van der Waals surface area contributed by atoms with Crippen molar-refractivity contribution in [3.8, 4) is 0 Å². The largest absolute Gasteiger partial charge is 0.384 e. The first-order chi connectivity index (χ1) is 12.1. The van der Waals surface area contributed by atoms with Gasteiger partial charge in [-0.2, -0.15) is 0 Å². The van der Waals surface area contributed by atoms with Crippen molar-refractivity contribution in [3.63, 3.8) is 0 Å². The molecule has 0 saturated heterocycles. The third-order valence-corrected chi connectivity index (χ3v) is 4.75. The summed E-state index contributed by atoms with van der Waals surface area (Å²) in [7, 11) is 0. The Morgan fingerprint density at radius 1 is 1.08 bits per heavy atom. The van der Waals surface area contributed by atoms with Gasteiger partial charge < -0.3 is 11.1 Å². The van der Waals surface area contributed by atoms with Crippen molar-refractivity contribution in [3.05, 3.63) is 84.1 Å². The Hall–Kier alpha value is -2.59. The molecule has 0 fully saturated rings. The van der Waals surface area contributed by atoms with E-state index in [1.165, 1.54) is 11.1 Å². The standard InChI is InChI=1S/C21H26N4/c1-17(19-11-7-4-8-12-19)25(16-14-18-9-5-3-6-10-18)21(2)23-15-13-20(22)24-21/h3-13,15,17,23H,14,16H2,1-2H3,(H2,22,24). The highest BCUT2D eigenvalue weighted by Gasteiger charge is 2.35. The van der Waals surface area contributed by atoms with Gasteiger partial charge in [0, 0.05) is 18.8 Å². The number of rotatable bonds is 6. The van der Waals surface area contributed by atoms with Gasteiger partial charge >= 0.3 is 0 Å². The molecule has 0 aromatic heterocycles. The molecule has 4 heteroatoms. The van der Waals surface area contributed by atoms with Crippen LogP contribution in [0.2, 0.25) is 0 Å². The smallest absolute Gasteiger partial charge is 0.186 e. The third kappa shape index (κ3) is 4.09. The zero-order chi connectivity index (χ0) is 17.7. The summed E-state index contributed by atoms with van der Waals surface area (Å²) in [6, 6.07) is 21.3. The van der Waals surface area contributed by atoms with Gasteiger partial charge in [-0.3, -0.25) is 4.90 Å². The van der Waals surface area contributed by atoms with Crippen molar-refractivity contribution >= 4 is 5.84 Å². The van der Waals surface area contributed by atoms with Crippen molar-refractivity contribution < 1.29 is 0 Å². The average molecular weight is 334 g/mol. The van der Waals surface area contributed by atoms with Crippen LogP contribution in [0.1, 0.15) is 31.0 Å². The molecule has 3 rings (SSSR count). The van der Waals surface area contributed by atoms with E-state index in [0.717, 1.165) is 13.0 Å². The van der Waals surface area contributed by atoms with Gasteiger partial charge in [0.2, 0.25) is 0 Å². The second kappa shape index (κ2) is 7.53. The molecule has 0 amide bonds. The van der Waals surface area contributed by atoms with Gasteiger partial charge in [0.15, 0.2) is 5.79 Å². The summed E-state index contributed by atoms with van der Waals surface area (Å²) in [6.45, 7) is 5.17. The monoisotopic (exact) mass is 334 g/mol. The molecule has 0 bridgehead atoms. The molecule has 0 aliphatic carbocycles. The Morgan fingerprint density at radius 2 is 1.72 bits per heavy atom. The molecule has 1 aliphatic rings. The van der Waals surface area contributed by atoms with E-state index in [1.807, 2.05) is 18.3 Å². The van der Waals surface area contributed by atoms with Crippen molar-refractivity contribution in [2.24, 2.45) is 10.7 Å². The molecular weight excluding hydrogens is 308 g/mol. The number of benzene rings is 2. The zero-order valence-corrected chi connectivity index (χ0v) is 14.9. The Morgan fingerprint density at radius 3 is 2.36 bits per heavy atom. The van der Waals surface area contributed by atoms with Crippen molar-refractivity contribution in [2.45, 2.75) is 32.1 Å². The number of nitrogens with one attached hydrogen (secondary N) is 1. The fraction of sp³-hybridized carbons (Fsp3) is 0.286. The summed E-state index contributed by atoms with van der Waals surface area (Å²) in [5.74, 6) is -0.0192. The SMILES string of the molecule is CC(c1ccccc1)N(CCc1ccccc1)C1(C)N=C(N)C=CN1. The van der Waals surface area contributed by atoms with E-state index >= 15 is 0 Å². The molecule has 4 nitrogen and oxygen atoms in total. The van der Waals surface area contributed by atoms with Gasteiger partial charge in [-0.25, -0.2) is 4.99 Å². The van der Waals surface area contributed by atoms with E-state index in [0.29, 0.717) is 5.84 Å². The van der Waals surface area contributed by atoms with E-state index in [1.54, 1.807) is 6.08 Å². The number of hydrogen-bond donors (Lipinski definition) is 2. The molecule has 0 saturated carbocycles. The second-order valence-corrected chi connectivity index (χ2v) is 6.55. The molecule has 2 unspecified atom stereocenters. The molecule has 3 N–H and O–H groups in total. The quantitative estimate of drug-likeness (QED) is 0.851. The maximum absolute atomic E-state index is 5.99. The minimum atomic E-state index is -0.567. The van der Waals surface area contributed by atoms with Gasteiger partial charge in [0.05, 0.1) is 0 Å². The van der Waals surface area contributed by atoms with Crippen LogP contribution in [0, 0.1) is 0 Å². The van der Waals surface area contributed by atoms with Crippen LogP contribution < -0.4 is 11.1 Å². The zero-order valence-electron chi connectivity index (χ0n) is 14.9. The van der Waals surface area contributed by atoms with Crippen LogP contribution >= 0.6 is 0 Å². The molecule has 0 spiro atoms. The van der Waals surface area contributed by atoms with E-state index in [9.17, 15) is 0 Å². The number of nitrogens with zero attached hydrogens (tertiary/aromatic N) is 2. The summed E-state index contributed by atoms with van der Waals surface area (Å²) in [4.78, 5) is 7.06. The van der Waals surface area contributed by atoms with Gasteiger partial charge in [0.1, 0.15) is 5.84 Å². The summed E-state index contributed by atoms with van der Waals surface area (Å²) < 4.78 is 0. The number of aliphatic imine (C=N–C) groups is 1. The second-order valence-electron chi connectivity index (χ2n) is 6.55. The molecule has 2 atom stereocenters. The normalized spacial score (nSPS) is 20.8. The molecule has 130 valence electrons. The van der Waals surface area contributed by atoms with Crippen LogP contribution in [-0.2, 0) is 6.42 Å².